The minimum atomic E-state index is -4.84. The van der Waals surface area contributed by atoms with E-state index in [4.69, 9.17) is 5.73 Å². The Labute approximate surface area is 231 Å². The summed E-state index contributed by atoms with van der Waals surface area (Å²) >= 11 is 0. The summed E-state index contributed by atoms with van der Waals surface area (Å²) in [4.78, 5) is 22.6. The number of allylic oxidation sites excluding steroid dienone is 4. The molecule has 14 heteroatoms. The number of carboxylic acids is 2. The molecule has 41 heavy (non-hydrogen) atoms. The van der Waals surface area contributed by atoms with Gasteiger partial charge in [-0.15, -0.1) is 5.11 Å². The molecule has 5 rings (SSSR count). The Kier molecular flexibility index (Phi) is 6.57. The molecule has 1 aliphatic heterocycles. The van der Waals surface area contributed by atoms with E-state index in [-0.39, 0.29) is 16.3 Å². The SMILES string of the molecule is Nc1ccc2cc(S(=O)(=O)O)c(N=NN3C=CC(c4ccc(C(=O)O)c(C(=O)O)c4O)=C4C=CC=CC43)c(O)c2c1. The summed E-state index contributed by atoms with van der Waals surface area (Å²) in [5.41, 5.74) is 5.14. The number of carbonyl (C=O) groups is 2. The Morgan fingerprint density at radius 1 is 0.951 bits per heavy atom. The van der Waals surface area contributed by atoms with Gasteiger partial charge in [0.25, 0.3) is 10.1 Å². The molecule has 0 amide bonds. The number of benzene rings is 3. The molecule has 0 fully saturated rings. The first-order valence-electron chi connectivity index (χ1n) is 11.7. The van der Waals surface area contributed by atoms with E-state index in [1.807, 2.05) is 0 Å². The number of fused-ring (bicyclic) bond motifs is 2. The summed E-state index contributed by atoms with van der Waals surface area (Å²) in [6, 6.07) is 7.18. The van der Waals surface area contributed by atoms with E-state index >= 15 is 0 Å². The lowest BCUT2D eigenvalue weighted by Gasteiger charge is -2.30. The second-order valence-corrected chi connectivity index (χ2v) is 10.4. The van der Waals surface area contributed by atoms with Crippen LogP contribution in [0.1, 0.15) is 26.3 Å². The standard InChI is InChI=1S/C27H20N4O9S/c28-14-6-5-13-11-21(41(38,39)40)23(25(33)19(13)12-14)29-30-31-10-9-15(16-3-1-2-4-20(16)31)17-7-8-18(26(34)35)22(24(17)32)27(36)37/h1-12,20,32-33H,28H2,(H,34,35)(H,36,37)(H,38,39,40). The number of phenols is 2. The summed E-state index contributed by atoms with van der Waals surface area (Å²) in [5, 5.41) is 50.3. The monoisotopic (exact) mass is 576 g/mol. The number of nitrogens with zero attached hydrogens (tertiary/aromatic N) is 3. The van der Waals surface area contributed by atoms with E-state index in [0.717, 1.165) is 12.1 Å². The maximum Gasteiger partial charge on any atom is 0.340 e. The number of aromatic carboxylic acids is 2. The van der Waals surface area contributed by atoms with Crippen molar-refractivity contribution in [2.45, 2.75) is 10.9 Å². The second-order valence-electron chi connectivity index (χ2n) is 8.97. The van der Waals surface area contributed by atoms with E-state index < -0.39 is 61.3 Å². The van der Waals surface area contributed by atoms with Crippen molar-refractivity contribution in [2.24, 2.45) is 10.3 Å². The Morgan fingerprint density at radius 3 is 2.39 bits per heavy atom. The molecule has 0 bridgehead atoms. The van der Waals surface area contributed by atoms with Gasteiger partial charge in [-0.2, -0.15) is 8.42 Å². The van der Waals surface area contributed by atoms with E-state index in [2.05, 4.69) is 10.3 Å². The number of nitrogens with two attached hydrogens (primary N) is 1. The highest BCUT2D eigenvalue weighted by atomic mass is 32.2. The van der Waals surface area contributed by atoms with Crippen LogP contribution in [0.3, 0.4) is 0 Å². The maximum atomic E-state index is 12.1. The lowest BCUT2D eigenvalue weighted by Crippen LogP contribution is -2.29. The van der Waals surface area contributed by atoms with Crippen LogP contribution in [0.2, 0.25) is 0 Å². The zero-order valence-corrected chi connectivity index (χ0v) is 21.5. The fourth-order valence-corrected chi connectivity index (χ4v) is 5.29. The largest absolute Gasteiger partial charge is 0.506 e. The molecule has 3 aromatic rings. The van der Waals surface area contributed by atoms with Crippen molar-refractivity contribution in [3.05, 3.63) is 95.2 Å². The highest BCUT2D eigenvalue weighted by Crippen LogP contribution is 2.43. The van der Waals surface area contributed by atoms with Crippen molar-refractivity contribution in [3.8, 4) is 11.5 Å². The van der Waals surface area contributed by atoms with Crippen LogP contribution in [-0.4, -0.2) is 56.4 Å². The van der Waals surface area contributed by atoms with Gasteiger partial charge in [0.05, 0.1) is 11.6 Å². The highest BCUT2D eigenvalue weighted by Gasteiger charge is 2.30. The van der Waals surface area contributed by atoms with Gasteiger partial charge in [-0.3, -0.25) is 4.55 Å². The summed E-state index contributed by atoms with van der Waals surface area (Å²) in [6.45, 7) is 0. The molecule has 0 saturated heterocycles. The fraction of sp³-hybridized carbons (Fsp3) is 0.0370. The zero-order chi connectivity index (χ0) is 29.6. The molecule has 0 aromatic heterocycles. The number of hydrogen-bond acceptors (Lipinski definition) is 9. The second kappa shape index (κ2) is 9.93. The summed E-state index contributed by atoms with van der Waals surface area (Å²) in [5.74, 6) is -4.45. The molecule has 208 valence electrons. The van der Waals surface area contributed by atoms with Crippen LogP contribution < -0.4 is 5.73 Å². The predicted octanol–water partition coefficient (Wildman–Crippen LogP) is 4.25. The number of rotatable bonds is 6. The van der Waals surface area contributed by atoms with Gasteiger partial charge < -0.3 is 26.2 Å². The number of aromatic hydroxyl groups is 2. The number of nitrogen functional groups attached to an aromatic ring is 1. The van der Waals surface area contributed by atoms with Crippen molar-refractivity contribution in [3.63, 3.8) is 0 Å². The summed E-state index contributed by atoms with van der Waals surface area (Å²) < 4.78 is 34.1. The molecule has 0 radical (unpaired) electrons. The van der Waals surface area contributed by atoms with Crippen molar-refractivity contribution >= 4 is 49.8 Å². The van der Waals surface area contributed by atoms with Crippen molar-refractivity contribution in [2.75, 3.05) is 5.73 Å². The summed E-state index contributed by atoms with van der Waals surface area (Å²) in [6.07, 6.45) is 9.59. The van der Waals surface area contributed by atoms with E-state index in [0.29, 0.717) is 16.8 Å². The van der Waals surface area contributed by atoms with Crippen molar-refractivity contribution in [1.82, 2.24) is 5.01 Å². The minimum Gasteiger partial charge on any atom is -0.506 e. The molecule has 1 atom stereocenters. The quantitative estimate of drug-likeness (QED) is 0.138. The van der Waals surface area contributed by atoms with Crippen molar-refractivity contribution in [1.29, 1.82) is 0 Å². The van der Waals surface area contributed by atoms with Gasteiger partial charge >= 0.3 is 11.9 Å². The van der Waals surface area contributed by atoms with Gasteiger partial charge in [0, 0.05) is 22.8 Å². The topological polar surface area (TPSA) is 223 Å². The average molecular weight is 577 g/mol. The van der Waals surface area contributed by atoms with Gasteiger partial charge in [-0.25, -0.2) is 14.6 Å². The van der Waals surface area contributed by atoms with Crippen LogP contribution in [0.15, 0.2) is 93.8 Å². The number of anilines is 1. The third-order valence-corrected chi connectivity index (χ3v) is 7.37. The average Bonchev–Trinajstić information content (AvgIpc) is 2.91. The first-order valence-corrected chi connectivity index (χ1v) is 13.2. The molecule has 0 spiro atoms. The van der Waals surface area contributed by atoms with Crippen LogP contribution in [0.25, 0.3) is 16.3 Å². The van der Waals surface area contributed by atoms with Crippen LogP contribution in [0, 0.1) is 0 Å². The van der Waals surface area contributed by atoms with Gasteiger partial charge in [0.15, 0.2) is 11.4 Å². The van der Waals surface area contributed by atoms with E-state index in [1.165, 1.54) is 41.6 Å². The van der Waals surface area contributed by atoms with Gasteiger partial charge in [0.1, 0.15) is 16.2 Å². The lowest BCUT2D eigenvalue weighted by atomic mass is 9.87. The highest BCUT2D eigenvalue weighted by molar-refractivity contribution is 7.86. The molecule has 3 aromatic carbocycles. The lowest BCUT2D eigenvalue weighted by molar-refractivity contribution is 0.0648. The third-order valence-electron chi connectivity index (χ3n) is 6.50. The van der Waals surface area contributed by atoms with Gasteiger partial charge in [-0.05, 0) is 52.9 Å². The van der Waals surface area contributed by atoms with Gasteiger partial charge in [0.2, 0.25) is 0 Å². The molecular formula is C27H20N4O9S. The zero-order valence-electron chi connectivity index (χ0n) is 20.7. The smallest absolute Gasteiger partial charge is 0.340 e. The molecule has 1 unspecified atom stereocenters. The third kappa shape index (κ3) is 4.77. The Morgan fingerprint density at radius 2 is 1.71 bits per heavy atom. The van der Waals surface area contributed by atoms with E-state index in [1.54, 1.807) is 24.3 Å². The van der Waals surface area contributed by atoms with Crippen LogP contribution >= 0.6 is 0 Å². The van der Waals surface area contributed by atoms with Gasteiger partial charge in [-0.1, -0.05) is 35.6 Å². The molecule has 2 aliphatic rings. The minimum absolute atomic E-state index is 0.0543. The van der Waals surface area contributed by atoms with Crippen molar-refractivity contribution < 1.29 is 43.0 Å². The normalized spacial score (nSPS) is 16.5. The molecule has 1 heterocycles. The predicted molar refractivity (Wildman–Crippen MR) is 146 cm³/mol. The van der Waals surface area contributed by atoms with Crippen LogP contribution in [0.5, 0.6) is 11.5 Å². The Balaban J connectivity index is 1.60. The first kappa shape index (κ1) is 27.1. The molecule has 7 N–H and O–H groups in total. The number of hydrogen-bond donors (Lipinski definition) is 6. The van der Waals surface area contributed by atoms with Crippen LogP contribution in [0.4, 0.5) is 11.4 Å². The fourth-order valence-electron chi connectivity index (χ4n) is 4.63. The van der Waals surface area contributed by atoms with E-state index in [9.17, 15) is 43.0 Å². The van der Waals surface area contributed by atoms with Crippen LogP contribution in [-0.2, 0) is 10.1 Å². The Hall–Kier alpha value is -5.47. The molecular weight excluding hydrogens is 556 g/mol. The number of carboxylic acid groups (broad SMARTS) is 2. The first-order chi connectivity index (χ1) is 19.4. The molecule has 1 aliphatic carbocycles. The molecule has 13 nitrogen and oxygen atoms in total. The number of phenolic OH excluding ortho intramolecular Hbond substituents is 1. The maximum absolute atomic E-state index is 12.1. The Bertz CT molecular complexity index is 1920. The summed E-state index contributed by atoms with van der Waals surface area (Å²) in [7, 11) is -4.84. The molecule has 0 saturated carbocycles.